The number of benzene rings is 1. The van der Waals surface area contributed by atoms with Crippen molar-refractivity contribution in [2.75, 3.05) is 0 Å². The topological polar surface area (TPSA) is 65.6 Å². The molecule has 5 rings (SSSR count). The van der Waals surface area contributed by atoms with Crippen LogP contribution in [0.2, 0.25) is 0 Å². The third kappa shape index (κ3) is 2.97. The summed E-state index contributed by atoms with van der Waals surface area (Å²) < 4.78 is 3.51. The lowest BCUT2D eigenvalue weighted by Crippen LogP contribution is -2.22. The number of para-hydroxylation sites is 1. The Balaban J connectivity index is 1.69. The molecule has 142 valence electrons. The van der Waals surface area contributed by atoms with Crippen molar-refractivity contribution in [2.24, 2.45) is 7.05 Å². The summed E-state index contributed by atoms with van der Waals surface area (Å²) in [6, 6.07) is 9.78. The van der Waals surface area contributed by atoms with Crippen molar-refractivity contribution in [1.82, 2.24) is 24.3 Å². The van der Waals surface area contributed by atoms with Gasteiger partial charge in [-0.3, -0.25) is 14.0 Å². The fourth-order valence-electron chi connectivity index (χ4n) is 3.67. The molecule has 0 saturated heterocycles. The van der Waals surface area contributed by atoms with Crippen LogP contribution in [0.3, 0.4) is 0 Å². The number of aromatic nitrogens is 5. The van der Waals surface area contributed by atoms with Gasteiger partial charge in [-0.2, -0.15) is 5.10 Å². The zero-order valence-corrected chi connectivity index (χ0v) is 17.1. The summed E-state index contributed by atoms with van der Waals surface area (Å²) in [5, 5.41) is 5.64. The third-order valence-electron chi connectivity index (χ3n) is 5.11. The molecule has 0 bridgehead atoms. The highest BCUT2D eigenvalue weighted by Gasteiger charge is 2.23. The van der Waals surface area contributed by atoms with E-state index in [1.54, 1.807) is 26.9 Å². The molecule has 4 aromatic rings. The molecule has 1 aliphatic rings. The Labute approximate surface area is 170 Å². The SMILES string of the molecule is Cn1ncnc1CSc1nc2sc3c(c2c(=O)n1-c1ccccc1)CCCC3. The van der Waals surface area contributed by atoms with E-state index in [9.17, 15) is 4.79 Å². The smallest absolute Gasteiger partial charge is 0.267 e. The first-order valence-electron chi connectivity index (χ1n) is 9.31. The molecule has 3 heterocycles. The van der Waals surface area contributed by atoms with Crippen LogP contribution in [0.1, 0.15) is 29.1 Å². The molecule has 3 aromatic heterocycles. The monoisotopic (exact) mass is 409 g/mol. The highest BCUT2D eigenvalue weighted by Crippen LogP contribution is 2.35. The summed E-state index contributed by atoms with van der Waals surface area (Å²) in [5.41, 5.74) is 2.10. The minimum atomic E-state index is 0.0380. The van der Waals surface area contributed by atoms with Crippen LogP contribution in [-0.2, 0) is 25.6 Å². The molecule has 0 aliphatic heterocycles. The predicted molar refractivity (Wildman–Crippen MR) is 112 cm³/mol. The van der Waals surface area contributed by atoms with Gasteiger partial charge in [0.1, 0.15) is 17.0 Å². The average Bonchev–Trinajstić information content (AvgIpc) is 3.30. The largest absolute Gasteiger partial charge is 0.268 e. The lowest BCUT2D eigenvalue weighted by Gasteiger charge is -2.13. The van der Waals surface area contributed by atoms with Gasteiger partial charge in [0, 0.05) is 11.9 Å². The molecular formula is C20H19N5OS2. The molecule has 0 atom stereocenters. The van der Waals surface area contributed by atoms with Crippen molar-refractivity contribution in [1.29, 1.82) is 0 Å². The molecule has 1 aromatic carbocycles. The van der Waals surface area contributed by atoms with E-state index in [1.807, 2.05) is 37.4 Å². The first-order chi connectivity index (χ1) is 13.7. The van der Waals surface area contributed by atoms with Crippen molar-refractivity contribution >= 4 is 33.3 Å². The van der Waals surface area contributed by atoms with Gasteiger partial charge in [0.25, 0.3) is 5.56 Å². The van der Waals surface area contributed by atoms with Gasteiger partial charge in [-0.05, 0) is 43.4 Å². The average molecular weight is 410 g/mol. The van der Waals surface area contributed by atoms with E-state index >= 15 is 0 Å². The molecule has 0 N–H and O–H groups in total. The van der Waals surface area contributed by atoms with Crippen LogP contribution in [0, 0.1) is 0 Å². The maximum Gasteiger partial charge on any atom is 0.267 e. The zero-order valence-electron chi connectivity index (χ0n) is 15.5. The molecular weight excluding hydrogens is 390 g/mol. The summed E-state index contributed by atoms with van der Waals surface area (Å²) >= 11 is 3.21. The number of fused-ring (bicyclic) bond motifs is 3. The van der Waals surface area contributed by atoms with E-state index in [2.05, 4.69) is 10.1 Å². The molecule has 0 saturated carbocycles. The lowest BCUT2D eigenvalue weighted by atomic mass is 9.97. The molecule has 1 aliphatic carbocycles. The van der Waals surface area contributed by atoms with Gasteiger partial charge in [-0.15, -0.1) is 11.3 Å². The number of thiophene rings is 1. The van der Waals surface area contributed by atoms with Crippen molar-refractivity contribution in [2.45, 2.75) is 36.6 Å². The number of hydrogen-bond donors (Lipinski definition) is 0. The van der Waals surface area contributed by atoms with E-state index in [0.717, 1.165) is 41.0 Å². The van der Waals surface area contributed by atoms with Crippen LogP contribution in [-0.4, -0.2) is 24.3 Å². The summed E-state index contributed by atoms with van der Waals surface area (Å²) in [4.78, 5) is 25.0. The predicted octanol–water partition coefficient (Wildman–Crippen LogP) is 3.75. The van der Waals surface area contributed by atoms with Crippen molar-refractivity contribution < 1.29 is 0 Å². The Morgan fingerprint density at radius 2 is 2.00 bits per heavy atom. The van der Waals surface area contributed by atoms with E-state index in [4.69, 9.17) is 4.98 Å². The molecule has 0 fully saturated rings. The minimum absolute atomic E-state index is 0.0380. The molecule has 0 radical (unpaired) electrons. The van der Waals surface area contributed by atoms with Crippen molar-refractivity contribution in [3.05, 3.63) is 63.3 Å². The Morgan fingerprint density at radius 1 is 1.18 bits per heavy atom. The van der Waals surface area contributed by atoms with Crippen molar-refractivity contribution in [3.8, 4) is 5.69 Å². The maximum atomic E-state index is 13.6. The number of aryl methyl sites for hydroxylation is 3. The molecule has 0 amide bonds. The molecule has 0 spiro atoms. The summed E-state index contributed by atoms with van der Waals surface area (Å²) in [5.74, 6) is 1.45. The quantitative estimate of drug-likeness (QED) is 0.379. The van der Waals surface area contributed by atoms with Gasteiger partial charge in [-0.25, -0.2) is 9.97 Å². The van der Waals surface area contributed by atoms with Gasteiger partial charge in [0.2, 0.25) is 0 Å². The fraction of sp³-hybridized carbons (Fsp3) is 0.300. The highest BCUT2D eigenvalue weighted by molar-refractivity contribution is 7.98. The second-order valence-corrected chi connectivity index (χ2v) is 8.88. The Morgan fingerprint density at radius 3 is 2.79 bits per heavy atom. The number of rotatable bonds is 4. The minimum Gasteiger partial charge on any atom is -0.268 e. The van der Waals surface area contributed by atoms with Crippen LogP contribution in [0.4, 0.5) is 0 Å². The summed E-state index contributed by atoms with van der Waals surface area (Å²) in [6.45, 7) is 0. The first kappa shape index (κ1) is 17.6. The molecule has 28 heavy (non-hydrogen) atoms. The van der Waals surface area contributed by atoms with Crippen molar-refractivity contribution in [3.63, 3.8) is 0 Å². The Kier molecular flexibility index (Phi) is 4.52. The third-order valence-corrected chi connectivity index (χ3v) is 7.23. The first-order valence-corrected chi connectivity index (χ1v) is 11.1. The van der Waals surface area contributed by atoms with Crippen LogP contribution in [0.25, 0.3) is 15.9 Å². The zero-order chi connectivity index (χ0) is 19.1. The van der Waals surface area contributed by atoms with Gasteiger partial charge < -0.3 is 0 Å². The fourth-order valence-corrected chi connectivity index (χ4v) is 5.97. The van der Waals surface area contributed by atoms with Gasteiger partial charge in [-0.1, -0.05) is 30.0 Å². The summed E-state index contributed by atoms with van der Waals surface area (Å²) in [6.07, 6.45) is 5.92. The molecule has 0 unspecified atom stereocenters. The van der Waals surface area contributed by atoms with Gasteiger partial charge in [0.05, 0.1) is 16.8 Å². The van der Waals surface area contributed by atoms with E-state index in [-0.39, 0.29) is 5.56 Å². The van der Waals surface area contributed by atoms with Gasteiger partial charge in [0.15, 0.2) is 5.16 Å². The van der Waals surface area contributed by atoms with Gasteiger partial charge >= 0.3 is 0 Å². The molecule has 8 heteroatoms. The maximum absolute atomic E-state index is 13.6. The van der Waals surface area contributed by atoms with Crippen LogP contribution < -0.4 is 5.56 Å². The Hall–Kier alpha value is -2.45. The van der Waals surface area contributed by atoms with E-state index in [1.165, 1.54) is 28.6 Å². The standard InChI is InChI=1S/C20H19N5OS2/c1-24-16(21-12-22-24)11-27-20-23-18-17(14-9-5-6-10-15(14)28-18)19(26)25(20)13-7-3-2-4-8-13/h2-4,7-8,12H,5-6,9-11H2,1H3. The van der Waals surface area contributed by atoms with Crippen LogP contribution >= 0.6 is 23.1 Å². The highest BCUT2D eigenvalue weighted by atomic mass is 32.2. The van der Waals surface area contributed by atoms with Crippen LogP contribution in [0.15, 0.2) is 46.6 Å². The second-order valence-electron chi connectivity index (χ2n) is 6.85. The normalized spacial score (nSPS) is 13.8. The number of thioether (sulfide) groups is 1. The summed E-state index contributed by atoms with van der Waals surface area (Å²) in [7, 11) is 1.87. The molecule has 6 nitrogen and oxygen atoms in total. The lowest BCUT2D eigenvalue weighted by molar-refractivity contribution is 0.699. The Bertz CT molecular complexity index is 1210. The van der Waals surface area contributed by atoms with E-state index < -0.39 is 0 Å². The number of nitrogens with zero attached hydrogens (tertiary/aromatic N) is 5. The van der Waals surface area contributed by atoms with Crippen LogP contribution in [0.5, 0.6) is 0 Å². The number of hydrogen-bond acceptors (Lipinski definition) is 6. The van der Waals surface area contributed by atoms with E-state index in [0.29, 0.717) is 10.9 Å². The second kappa shape index (κ2) is 7.18.